The number of nitrogens with one attached hydrogen (secondary N) is 1. The molecule has 0 bridgehead atoms. The third-order valence-electron chi connectivity index (χ3n) is 3.46. The molecule has 0 spiro atoms. The van der Waals surface area contributed by atoms with Crippen LogP contribution in [-0.2, 0) is 13.1 Å². The Balaban J connectivity index is 1.60. The van der Waals surface area contributed by atoms with Crippen LogP contribution < -0.4 is 5.32 Å². The van der Waals surface area contributed by atoms with E-state index in [0.29, 0.717) is 0 Å². The average molecular weight is 206 g/mol. The largest absolute Gasteiger partial charge is 0.354 e. The second-order valence-electron chi connectivity index (χ2n) is 4.61. The summed E-state index contributed by atoms with van der Waals surface area (Å²) in [5.41, 5.74) is 1.41. The maximum absolute atomic E-state index is 3.52. The first-order valence-corrected chi connectivity index (χ1v) is 6.24. The van der Waals surface area contributed by atoms with Gasteiger partial charge in [-0.2, -0.15) is 0 Å². The molecule has 0 saturated heterocycles. The molecule has 0 unspecified atom stereocenters. The van der Waals surface area contributed by atoms with Crippen molar-refractivity contribution in [2.75, 3.05) is 6.54 Å². The van der Waals surface area contributed by atoms with E-state index >= 15 is 0 Å². The van der Waals surface area contributed by atoms with Crippen LogP contribution in [-0.4, -0.2) is 11.1 Å². The monoisotopic (exact) mass is 206 g/mol. The molecule has 0 atom stereocenters. The zero-order valence-corrected chi connectivity index (χ0v) is 9.71. The van der Waals surface area contributed by atoms with Crippen molar-refractivity contribution in [1.82, 2.24) is 9.88 Å². The molecule has 1 N–H and O–H groups in total. The lowest BCUT2D eigenvalue weighted by atomic mass is 9.83. The van der Waals surface area contributed by atoms with Crippen LogP contribution in [0.4, 0.5) is 0 Å². The lowest BCUT2D eigenvalue weighted by Gasteiger charge is -2.25. The molecule has 1 aromatic rings. The van der Waals surface area contributed by atoms with Crippen LogP contribution in [0.5, 0.6) is 0 Å². The molecule has 2 heteroatoms. The summed E-state index contributed by atoms with van der Waals surface area (Å²) in [7, 11) is 0. The van der Waals surface area contributed by atoms with E-state index in [1.54, 1.807) is 0 Å². The minimum Gasteiger partial charge on any atom is -0.354 e. The fourth-order valence-electron chi connectivity index (χ4n) is 2.11. The normalized spacial score (nSPS) is 16.6. The second kappa shape index (κ2) is 5.36. The van der Waals surface area contributed by atoms with Crippen LogP contribution in [0.3, 0.4) is 0 Å². The van der Waals surface area contributed by atoms with Gasteiger partial charge in [-0.1, -0.05) is 19.3 Å². The van der Waals surface area contributed by atoms with Gasteiger partial charge in [-0.15, -0.1) is 0 Å². The zero-order chi connectivity index (χ0) is 10.5. The standard InChI is InChI=1S/C13H22N2/c1-2-15-9-7-13(11-15)10-14-8-6-12-4-3-5-12/h7,9,11-12,14H,2-6,8,10H2,1H3. The maximum atomic E-state index is 3.52. The molecule has 1 aliphatic carbocycles. The summed E-state index contributed by atoms with van der Waals surface area (Å²) in [6.07, 6.45) is 10.2. The van der Waals surface area contributed by atoms with Crippen LogP contribution in [0.25, 0.3) is 0 Å². The van der Waals surface area contributed by atoms with Gasteiger partial charge in [0.2, 0.25) is 0 Å². The first kappa shape index (κ1) is 10.7. The lowest BCUT2D eigenvalue weighted by molar-refractivity contribution is 0.292. The van der Waals surface area contributed by atoms with E-state index in [4.69, 9.17) is 0 Å². The highest BCUT2D eigenvalue weighted by molar-refractivity contribution is 5.09. The molecule has 1 aliphatic rings. The van der Waals surface area contributed by atoms with Crippen molar-refractivity contribution >= 4 is 0 Å². The second-order valence-corrected chi connectivity index (χ2v) is 4.61. The molecule has 2 nitrogen and oxygen atoms in total. The SMILES string of the molecule is CCn1ccc(CNCCC2CCC2)c1. The Labute approximate surface area is 92.7 Å². The van der Waals surface area contributed by atoms with Crippen molar-refractivity contribution in [3.8, 4) is 0 Å². The van der Waals surface area contributed by atoms with Crippen LogP contribution in [0.1, 0.15) is 38.2 Å². The van der Waals surface area contributed by atoms with Crippen LogP contribution in [0.15, 0.2) is 18.5 Å². The van der Waals surface area contributed by atoms with E-state index in [9.17, 15) is 0 Å². The van der Waals surface area contributed by atoms with Gasteiger partial charge < -0.3 is 9.88 Å². The molecular weight excluding hydrogens is 184 g/mol. The van der Waals surface area contributed by atoms with Crippen molar-refractivity contribution in [3.63, 3.8) is 0 Å². The molecule has 0 aromatic carbocycles. The smallest absolute Gasteiger partial charge is 0.0220 e. The predicted molar refractivity (Wildman–Crippen MR) is 63.8 cm³/mol. The van der Waals surface area contributed by atoms with Crippen molar-refractivity contribution in [3.05, 3.63) is 24.0 Å². The van der Waals surface area contributed by atoms with Crippen molar-refractivity contribution in [2.45, 2.75) is 45.7 Å². The van der Waals surface area contributed by atoms with Crippen molar-refractivity contribution in [2.24, 2.45) is 5.92 Å². The highest BCUT2D eigenvalue weighted by atomic mass is 14.9. The predicted octanol–water partition coefficient (Wildman–Crippen LogP) is 2.79. The van der Waals surface area contributed by atoms with E-state index in [-0.39, 0.29) is 0 Å². The molecule has 84 valence electrons. The Kier molecular flexibility index (Phi) is 3.84. The van der Waals surface area contributed by atoms with Crippen LogP contribution >= 0.6 is 0 Å². The minimum absolute atomic E-state index is 1.03. The van der Waals surface area contributed by atoms with Gasteiger partial charge in [-0.05, 0) is 37.4 Å². The molecule has 15 heavy (non-hydrogen) atoms. The number of hydrogen-bond donors (Lipinski definition) is 1. The summed E-state index contributed by atoms with van der Waals surface area (Å²) in [5, 5.41) is 3.52. The van der Waals surface area contributed by atoms with Gasteiger partial charge in [0.05, 0.1) is 0 Å². The van der Waals surface area contributed by atoms with Gasteiger partial charge in [0, 0.05) is 25.5 Å². The van der Waals surface area contributed by atoms with Crippen molar-refractivity contribution < 1.29 is 0 Å². The Morgan fingerprint density at radius 2 is 2.33 bits per heavy atom. The zero-order valence-electron chi connectivity index (χ0n) is 9.71. The first-order chi connectivity index (χ1) is 7.38. The number of hydrogen-bond acceptors (Lipinski definition) is 1. The van der Waals surface area contributed by atoms with E-state index < -0.39 is 0 Å². The quantitative estimate of drug-likeness (QED) is 0.708. The average Bonchev–Trinajstić information content (AvgIpc) is 2.62. The van der Waals surface area contributed by atoms with E-state index in [1.165, 1.54) is 37.8 Å². The molecular formula is C13H22N2. The van der Waals surface area contributed by atoms with Gasteiger partial charge in [0.25, 0.3) is 0 Å². The highest BCUT2D eigenvalue weighted by Gasteiger charge is 2.15. The van der Waals surface area contributed by atoms with E-state index in [1.807, 2.05) is 0 Å². The summed E-state index contributed by atoms with van der Waals surface area (Å²) in [6, 6.07) is 2.21. The third-order valence-corrected chi connectivity index (χ3v) is 3.46. The van der Waals surface area contributed by atoms with Gasteiger partial charge >= 0.3 is 0 Å². The van der Waals surface area contributed by atoms with E-state index in [0.717, 1.165) is 19.0 Å². The number of aryl methyl sites for hydroxylation is 1. The summed E-state index contributed by atoms with van der Waals surface area (Å²) < 4.78 is 2.23. The Morgan fingerprint density at radius 3 is 2.93 bits per heavy atom. The Bertz CT molecular complexity index is 286. The lowest BCUT2D eigenvalue weighted by Crippen LogP contribution is -2.20. The maximum Gasteiger partial charge on any atom is 0.0220 e. The summed E-state index contributed by atoms with van der Waals surface area (Å²) in [6.45, 7) is 5.46. The third kappa shape index (κ3) is 3.10. The Morgan fingerprint density at radius 1 is 1.47 bits per heavy atom. The molecule has 1 heterocycles. The van der Waals surface area contributed by atoms with Gasteiger partial charge in [0.15, 0.2) is 0 Å². The highest BCUT2D eigenvalue weighted by Crippen LogP contribution is 2.28. The molecule has 2 rings (SSSR count). The first-order valence-electron chi connectivity index (χ1n) is 6.24. The summed E-state index contributed by atoms with van der Waals surface area (Å²) in [4.78, 5) is 0. The van der Waals surface area contributed by atoms with Gasteiger partial charge in [-0.25, -0.2) is 0 Å². The number of aromatic nitrogens is 1. The molecule has 0 amide bonds. The van der Waals surface area contributed by atoms with Crippen molar-refractivity contribution in [1.29, 1.82) is 0 Å². The molecule has 1 saturated carbocycles. The van der Waals surface area contributed by atoms with Gasteiger partial charge in [-0.3, -0.25) is 0 Å². The molecule has 1 aromatic heterocycles. The molecule has 0 aliphatic heterocycles. The summed E-state index contributed by atoms with van der Waals surface area (Å²) >= 11 is 0. The molecule has 1 fully saturated rings. The topological polar surface area (TPSA) is 17.0 Å². The van der Waals surface area contributed by atoms with E-state index in [2.05, 4.69) is 35.3 Å². The van der Waals surface area contributed by atoms with Crippen LogP contribution in [0.2, 0.25) is 0 Å². The fraction of sp³-hybridized carbons (Fsp3) is 0.692. The van der Waals surface area contributed by atoms with Gasteiger partial charge in [0.1, 0.15) is 0 Å². The fourth-order valence-corrected chi connectivity index (χ4v) is 2.11. The summed E-state index contributed by atoms with van der Waals surface area (Å²) in [5.74, 6) is 1.03. The number of nitrogens with zero attached hydrogens (tertiary/aromatic N) is 1. The Hall–Kier alpha value is -0.760. The minimum atomic E-state index is 1.03. The molecule has 0 radical (unpaired) electrons. The van der Waals surface area contributed by atoms with Crippen LogP contribution in [0, 0.1) is 5.92 Å². The number of rotatable bonds is 6.